The molecule has 0 heterocycles. The van der Waals surface area contributed by atoms with Crippen molar-refractivity contribution in [3.8, 4) is 0 Å². The van der Waals surface area contributed by atoms with E-state index in [9.17, 15) is 26.4 Å². The fourth-order valence-corrected chi connectivity index (χ4v) is 4.12. The summed E-state index contributed by atoms with van der Waals surface area (Å²) in [7, 11) is -3.90. The minimum atomic E-state index is -4.59. The van der Waals surface area contributed by atoms with Crippen molar-refractivity contribution in [1.82, 2.24) is 0 Å². The van der Waals surface area contributed by atoms with Crippen molar-refractivity contribution in [2.45, 2.75) is 42.0 Å². The van der Waals surface area contributed by atoms with Crippen molar-refractivity contribution in [1.29, 1.82) is 0 Å². The molecule has 0 amide bonds. The highest BCUT2D eigenvalue weighted by molar-refractivity contribution is 7.92. The second kappa shape index (κ2) is 5.20. The highest BCUT2D eigenvalue weighted by Gasteiger charge is 2.35. The Bertz CT molecular complexity index is 620. The number of hydrogen-bond donors (Lipinski definition) is 0. The summed E-state index contributed by atoms with van der Waals surface area (Å²) in [5, 5.41) is -0.910. The Morgan fingerprint density at radius 2 is 1.90 bits per heavy atom. The molecule has 1 saturated carbocycles. The zero-order chi connectivity index (χ0) is 15.0. The molecular formula is C13H13F3O3S. The van der Waals surface area contributed by atoms with Crippen molar-refractivity contribution < 1.29 is 26.4 Å². The number of carbonyl (C=O) groups is 1. The van der Waals surface area contributed by atoms with Crippen molar-refractivity contribution >= 4 is 15.6 Å². The first-order valence-electron chi connectivity index (χ1n) is 6.14. The molecule has 0 spiro atoms. The lowest BCUT2D eigenvalue weighted by molar-refractivity contribution is -0.137. The largest absolute Gasteiger partial charge is 0.416 e. The number of halogens is 3. The van der Waals surface area contributed by atoms with Gasteiger partial charge in [0.15, 0.2) is 9.84 Å². The van der Waals surface area contributed by atoms with Crippen molar-refractivity contribution in [2.24, 2.45) is 0 Å². The minimum Gasteiger partial charge on any atom is -0.300 e. The second-order valence-electron chi connectivity index (χ2n) is 4.83. The van der Waals surface area contributed by atoms with Gasteiger partial charge in [0.05, 0.1) is 15.7 Å². The number of carbonyl (C=O) groups excluding carboxylic acids is 1. The summed E-state index contributed by atoms with van der Waals surface area (Å²) in [6, 6.07) is 3.67. The number of rotatable bonds is 2. The summed E-state index contributed by atoms with van der Waals surface area (Å²) in [6.07, 6.45) is -3.59. The Labute approximate surface area is 114 Å². The summed E-state index contributed by atoms with van der Waals surface area (Å²) in [6.45, 7) is 0. The van der Waals surface area contributed by atoms with Gasteiger partial charge < -0.3 is 0 Å². The first kappa shape index (κ1) is 15.0. The van der Waals surface area contributed by atoms with E-state index in [1.54, 1.807) is 0 Å². The van der Waals surface area contributed by atoms with E-state index in [-0.39, 0.29) is 17.1 Å². The van der Waals surface area contributed by atoms with Gasteiger partial charge in [-0.2, -0.15) is 13.2 Å². The predicted molar refractivity (Wildman–Crippen MR) is 65.9 cm³/mol. The van der Waals surface area contributed by atoms with Crippen LogP contribution in [0.15, 0.2) is 29.2 Å². The number of alkyl halides is 3. The molecule has 0 bridgehead atoms. The van der Waals surface area contributed by atoms with Gasteiger partial charge in [-0.25, -0.2) is 8.42 Å². The van der Waals surface area contributed by atoms with Crippen LogP contribution in [0.1, 0.15) is 31.2 Å². The molecule has 20 heavy (non-hydrogen) atoms. The molecule has 1 unspecified atom stereocenters. The Balaban J connectivity index is 2.37. The third-order valence-electron chi connectivity index (χ3n) is 3.37. The van der Waals surface area contributed by atoms with Gasteiger partial charge in [0.2, 0.25) is 0 Å². The number of ketones is 1. The standard InChI is InChI=1S/C13H13F3O3S/c14-13(15,16)9-3-1-5-11(7-9)20(18,19)12-6-2-4-10(17)8-12/h1,3,5,7,12H,2,4,6,8H2. The first-order valence-corrected chi connectivity index (χ1v) is 7.69. The average molecular weight is 306 g/mol. The molecular weight excluding hydrogens is 293 g/mol. The summed E-state index contributed by atoms with van der Waals surface area (Å²) in [5.74, 6) is -0.156. The van der Waals surface area contributed by atoms with E-state index in [0.717, 1.165) is 18.2 Å². The maximum absolute atomic E-state index is 12.6. The van der Waals surface area contributed by atoms with Gasteiger partial charge in [0.1, 0.15) is 5.78 Å². The van der Waals surface area contributed by atoms with Gasteiger partial charge in [0.25, 0.3) is 0 Å². The molecule has 0 saturated heterocycles. The van der Waals surface area contributed by atoms with Crippen LogP contribution >= 0.6 is 0 Å². The third kappa shape index (κ3) is 3.03. The van der Waals surface area contributed by atoms with Crippen LogP contribution in [0.25, 0.3) is 0 Å². The predicted octanol–water partition coefficient (Wildman–Crippen LogP) is 2.99. The Kier molecular flexibility index (Phi) is 3.90. The van der Waals surface area contributed by atoms with Crippen LogP contribution in [0.2, 0.25) is 0 Å². The monoisotopic (exact) mass is 306 g/mol. The Morgan fingerprint density at radius 3 is 2.50 bits per heavy atom. The van der Waals surface area contributed by atoms with Crippen LogP contribution in [-0.2, 0) is 20.8 Å². The molecule has 0 N–H and O–H groups in total. The van der Waals surface area contributed by atoms with Gasteiger partial charge >= 0.3 is 6.18 Å². The van der Waals surface area contributed by atoms with Gasteiger partial charge in [-0.1, -0.05) is 6.07 Å². The molecule has 0 aliphatic heterocycles. The summed E-state index contributed by atoms with van der Waals surface area (Å²) >= 11 is 0. The summed E-state index contributed by atoms with van der Waals surface area (Å²) < 4.78 is 62.4. The normalized spacial score (nSPS) is 20.9. The van der Waals surface area contributed by atoms with Crippen molar-refractivity contribution in [2.75, 3.05) is 0 Å². The van der Waals surface area contributed by atoms with E-state index in [4.69, 9.17) is 0 Å². The van der Waals surface area contributed by atoms with Gasteiger partial charge in [-0.05, 0) is 31.0 Å². The zero-order valence-corrected chi connectivity index (χ0v) is 11.3. The molecule has 1 aromatic carbocycles. The molecule has 1 atom stereocenters. The Morgan fingerprint density at radius 1 is 1.20 bits per heavy atom. The fourth-order valence-electron chi connectivity index (χ4n) is 2.29. The van der Waals surface area contributed by atoms with E-state index >= 15 is 0 Å². The summed E-state index contributed by atoms with van der Waals surface area (Å²) in [4.78, 5) is 11.0. The van der Waals surface area contributed by atoms with Crippen LogP contribution < -0.4 is 0 Å². The van der Waals surface area contributed by atoms with Crippen LogP contribution in [0, 0.1) is 0 Å². The highest BCUT2D eigenvalue weighted by Crippen LogP contribution is 2.33. The van der Waals surface area contributed by atoms with Crippen LogP contribution in [0.3, 0.4) is 0 Å². The van der Waals surface area contributed by atoms with Gasteiger partial charge in [0, 0.05) is 12.8 Å². The molecule has 1 aliphatic carbocycles. The second-order valence-corrected chi connectivity index (χ2v) is 7.06. The molecule has 0 aromatic heterocycles. The van der Waals surface area contributed by atoms with Gasteiger partial charge in [-0.15, -0.1) is 0 Å². The summed E-state index contributed by atoms with van der Waals surface area (Å²) in [5.41, 5.74) is -0.999. The maximum Gasteiger partial charge on any atom is 0.416 e. The van der Waals surface area contributed by atoms with Crippen LogP contribution in [0.5, 0.6) is 0 Å². The number of benzene rings is 1. The van der Waals surface area contributed by atoms with Crippen molar-refractivity contribution in [3.63, 3.8) is 0 Å². The number of sulfone groups is 1. The SMILES string of the molecule is O=C1CCCC(S(=O)(=O)c2cccc(C(F)(F)F)c2)C1. The lowest BCUT2D eigenvalue weighted by Gasteiger charge is -2.21. The quantitative estimate of drug-likeness (QED) is 0.844. The molecule has 3 nitrogen and oxygen atoms in total. The molecule has 1 aliphatic rings. The third-order valence-corrected chi connectivity index (χ3v) is 5.56. The molecule has 2 rings (SSSR count). The molecule has 1 aromatic rings. The molecule has 1 fully saturated rings. The van der Waals surface area contributed by atoms with Crippen molar-refractivity contribution in [3.05, 3.63) is 29.8 Å². The van der Waals surface area contributed by atoms with E-state index in [0.29, 0.717) is 25.3 Å². The van der Waals surface area contributed by atoms with E-state index in [2.05, 4.69) is 0 Å². The highest BCUT2D eigenvalue weighted by atomic mass is 32.2. The number of Topliss-reactive ketones (excluding diaryl/α,β-unsaturated/α-hetero) is 1. The van der Waals surface area contributed by atoms with E-state index in [1.165, 1.54) is 0 Å². The smallest absolute Gasteiger partial charge is 0.300 e. The molecule has 110 valence electrons. The maximum atomic E-state index is 12.6. The lowest BCUT2D eigenvalue weighted by Crippen LogP contribution is -2.28. The fraction of sp³-hybridized carbons (Fsp3) is 0.462. The van der Waals surface area contributed by atoms with Gasteiger partial charge in [-0.3, -0.25) is 4.79 Å². The number of hydrogen-bond acceptors (Lipinski definition) is 3. The minimum absolute atomic E-state index is 0.113. The van der Waals surface area contributed by atoms with E-state index in [1.807, 2.05) is 0 Å². The van der Waals surface area contributed by atoms with E-state index < -0.39 is 26.8 Å². The molecule has 7 heteroatoms. The topological polar surface area (TPSA) is 51.2 Å². The molecule has 0 radical (unpaired) electrons. The first-order chi connectivity index (χ1) is 9.21. The zero-order valence-electron chi connectivity index (χ0n) is 10.5. The van der Waals surface area contributed by atoms with Crippen LogP contribution in [-0.4, -0.2) is 19.5 Å². The lowest BCUT2D eigenvalue weighted by atomic mass is 9.99. The Hall–Kier alpha value is -1.37. The van der Waals surface area contributed by atoms with Crippen LogP contribution in [0.4, 0.5) is 13.2 Å². The average Bonchev–Trinajstić information content (AvgIpc) is 2.38.